The lowest BCUT2D eigenvalue weighted by atomic mass is 10.1. The zero-order chi connectivity index (χ0) is 25.4. The van der Waals surface area contributed by atoms with E-state index in [9.17, 15) is 0 Å². The molecule has 2 N–H and O–H groups in total. The summed E-state index contributed by atoms with van der Waals surface area (Å²) < 4.78 is 3.06. The Morgan fingerprint density at radius 2 is 1.84 bits per heavy atom. The summed E-state index contributed by atoms with van der Waals surface area (Å²) >= 11 is 6.32. The molecule has 3 heterocycles. The van der Waals surface area contributed by atoms with Gasteiger partial charge in [-0.2, -0.15) is 9.61 Å². The number of fused-ring (bicyclic) bond motifs is 2. The molecular formula is C30H25N5S2. The van der Waals surface area contributed by atoms with Crippen LogP contribution in [0.25, 0.3) is 32.7 Å². The van der Waals surface area contributed by atoms with Crippen LogP contribution >= 0.6 is 24.0 Å². The minimum Gasteiger partial charge on any atom is -0.366 e. The van der Waals surface area contributed by atoms with Gasteiger partial charge in [0.25, 0.3) is 0 Å². The normalized spacial score (nSPS) is 11.2. The van der Waals surface area contributed by atoms with Crippen LogP contribution in [0.15, 0.2) is 103 Å². The predicted molar refractivity (Wildman–Crippen MR) is 159 cm³/mol. The highest BCUT2D eigenvalue weighted by atomic mass is 32.1. The smallest absolute Gasteiger partial charge is 0.171 e. The molecular weight excluding hydrogens is 494 g/mol. The number of benzene rings is 3. The summed E-state index contributed by atoms with van der Waals surface area (Å²) in [6, 6.07) is 29.2. The summed E-state index contributed by atoms with van der Waals surface area (Å²) in [5.74, 6) is 0.858. The van der Waals surface area contributed by atoms with Crippen LogP contribution in [0.5, 0.6) is 0 Å². The fraction of sp³-hybridized carbons (Fsp3) is 0.0667. The maximum Gasteiger partial charge on any atom is 0.171 e. The Bertz CT molecular complexity index is 1730. The first-order chi connectivity index (χ1) is 18.0. The number of hydrogen-bond acceptors (Lipinski definition) is 6. The molecule has 0 radical (unpaired) electrons. The first-order valence-corrected chi connectivity index (χ1v) is 13.2. The Labute approximate surface area is 224 Å². The Balaban J connectivity index is 1.24. The number of aryl methyl sites for hydroxylation is 1. The largest absolute Gasteiger partial charge is 0.366 e. The SMILES string of the molecule is C=C(Nc1cccc(CNc2cc(-c3ccccc3C)nc3c(S)cnn23)c1)c1cc2ccccc2s1. The first-order valence-electron chi connectivity index (χ1n) is 12.0. The molecule has 3 aromatic carbocycles. The molecule has 7 heteroatoms. The van der Waals surface area contributed by atoms with Crippen molar-refractivity contribution in [2.24, 2.45) is 0 Å². The van der Waals surface area contributed by atoms with Gasteiger partial charge in [-0.15, -0.1) is 24.0 Å². The molecule has 5 nitrogen and oxygen atoms in total. The fourth-order valence-corrected chi connectivity index (χ4v) is 5.58. The number of rotatable bonds is 7. The van der Waals surface area contributed by atoms with Gasteiger partial charge in [0.2, 0.25) is 0 Å². The molecule has 0 unspecified atom stereocenters. The lowest BCUT2D eigenvalue weighted by Crippen LogP contribution is -2.07. The highest BCUT2D eigenvalue weighted by Crippen LogP contribution is 2.31. The maximum absolute atomic E-state index is 4.84. The molecule has 6 aromatic rings. The summed E-state index contributed by atoms with van der Waals surface area (Å²) in [6.07, 6.45) is 1.72. The quantitative estimate of drug-likeness (QED) is 0.188. The monoisotopic (exact) mass is 519 g/mol. The molecule has 0 saturated carbocycles. The van der Waals surface area contributed by atoms with Crippen LogP contribution in [-0.4, -0.2) is 14.6 Å². The Morgan fingerprint density at radius 1 is 1.00 bits per heavy atom. The highest BCUT2D eigenvalue weighted by Gasteiger charge is 2.13. The van der Waals surface area contributed by atoms with Crippen LogP contribution in [-0.2, 0) is 6.54 Å². The molecule has 182 valence electrons. The molecule has 0 bridgehead atoms. The Kier molecular flexibility index (Phi) is 6.16. The van der Waals surface area contributed by atoms with E-state index in [1.54, 1.807) is 22.0 Å². The second-order valence-corrected chi connectivity index (χ2v) is 10.5. The molecule has 0 aliphatic rings. The van der Waals surface area contributed by atoms with E-state index >= 15 is 0 Å². The minimum absolute atomic E-state index is 0.624. The zero-order valence-corrected chi connectivity index (χ0v) is 22.0. The molecule has 6 rings (SSSR count). The van der Waals surface area contributed by atoms with Crippen molar-refractivity contribution in [3.8, 4) is 11.3 Å². The van der Waals surface area contributed by atoms with E-state index < -0.39 is 0 Å². The second-order valence-electron chi connectivity index (χ2n) is 8.91. The summed E-state index contributed by atoms with van der Waals surface area (Å²) in [6.45, 7) is 7.00. The van der Waals surface area contributed by atoms with Gasteiger partial charge >= 0.3 is 0 Å². The number of nitrogens with one attached hydrogen (secondary N) is 2. The fourth-order valence-electron chi connectivity index (χ4n) is 4.39. The van der Waals surface area contributed by atoms with Gasteiger partial charge in [-0.05, 0) is 47.7 Å². The van der Waals surface area contributed by atoms with Crippen molar-refractivity contribution in [3.05, 3.63) is 114 Å². The van der Waals surface area contributed by atoms with Crippen LogP contribution < -0.4 is 10.6 Å². The second kappa shape index (κ2) is 9.76. The standard InChI is InChI=1S/C30H25N5S2/c1-19-8-3-5-12-24(19)25-16-29(35-30(34-25)26(36)18-32-35)31-17-21-9-7-11-23(14-21)33-20(2)28-15-22-10-4-6-13-27(22)37-28/h3-16,18,31,33,36H,2,17H2,1H3. The van der Waals surface area contributed by atoms with Crippen molar-refractivity contribution in [1.29, 1.82) is 0 Å². The molecule has 0 amide bonds. The molecule has 0 saturated heterocycles. The van der Waals surface area contributed by atoms with E-state index in [-0.39, 0.29) is 0 Å². The predicted octanol–water partition coefficient (Wildman–Crippen LogP) is 7.90. The number of hydrogen-bond donors (Lipinski definition) is 3. The van der Waals surface area contributed by atoms with Crippen molar-refractivity contribution in [1.82, 2.24) is 14.6 Å². The number of anilines is 2. The van der Waals surface area contributed by atoms with E-state index in [4.69, 9.17) is 4.98 Å². The summed E-state index contributed by atoms with van der Waals surface area (Å²) in [5.41, 5.74) is 6.90. The molecule has 0 aliphatic heterocycles. The molecule has 3 aromatic heterocycles. The van der Waals surface area contributed by atoms with Gasteiger partial charge in [-0.25, -0.2) is 4.98 Å². The summed E-state index contributed by atoms with van der Waals surface area (Å²) in [7, 11) is 0. The van der Waals surface area contributed by atoms with Crippen molar-refractivity contribution >= 4 is 56.9 Å². The average molecular weight is 520 g/mol. The van der Waals surface area contributed by atoms with E-state index in [2.05, 4.69) is 109 Å². The van der Waals surface area contributed by atoms with Crippen LogP contribution in [0, 0.1) is 6.92 Å². The minimum atomic E-state index is 0.624. The van der Waals surface area contributed by atoms with Crippen LogP contribution in [0.3, 0.4) is 0 Å². The third kappa shape index (κ3) is 4.71. The van der Waals surface area contributed by atoms with E-state index in [0.29, 0.717) is 6.54 Å². The number of thiophene rings is 1. The maximum atomic E-state index is 4.84. The Hall–Kier alpha value is -4.07. The van der Waals surface area contributed by atoms with Crippen molar-refractivity contribution < 1.29 is 0 Å². The molecule has 0 fully saturated rings. The van der Waals surface area contributed by atoms with Gasteiger partial charge in [0, 0.05) is 34.3 Å². The lowest BCUT2D eigenvalue weighted by molar-refractivity contribution is 0.926. The van der Waals surface area contributed by atoms with E-state index in [1.165, 1.54) is 15.6 Å². The van der Waals surface area contributed by atoms with Gasteiger partial charge < -0.3 is 10.6 Å². The third-order valence-electron chi connectivity index (χ3n) is 6.29. The highest BCUT2D eigenvalue weighted by molar-refractivity contribution is 7.80. The van der Waals surface area contributed by atoms with E-state index in [0.717, 1.165) is 49.4 Å². The zero-order valence-electron chi connectivity index (χ0n) is 20.3. The Morgan fingerprint density at radius 3 is 2.70 bits per heavy atom. The van der Waals surface area contributed by atoms with Gasteiger partial charge in [0.15, 0.2) is 5.65 Å². The number of thiol groups is 1. The summed E-state index contributed by atoms with van der Waals surface area (Å²) in [4.78, 5) is 6.71. The molecule has 0 spiro atoms. The third-order valence-corrected chi connectivity index (χ3v) is 7.78. The van der Waals surface area contributed by atoms with Crippen molar-refractivity contribution in [2.45, 2.75) is 18.4 Å². The van der Waals surface area contributed by atoms with Crippen molar-refractivity contribution in [2.75, 3.05) is 10.6 Å². The first kappa shape index (κ1) is 23.3. The molecule has 37 heavy (non-hydrogen) atoms. The van der Waals surface area contributed by atoms with Crippen LogP contribution in [0.1, 0.15) is 16.0 Å². The van der Waals surface area contributed by atoms with Gasteiger partial charge in [0.05, 0.1) is 21.7 Å². The average Bonchev–Trinajstić information content (AvgIpc) is 3.52. The molecule has 0 aliphatic carbocycles. The van der Waals surface area contributed by atoms with Gasteiger partial charge in [0.1, 0.15) is 5.82 Å². The van der Waals surface area contributed by atoms with Gasteiger partial charge in [-0.3, -0.25) is 0 Å². The lowest BCUT2D eigenvalue weighted by Gasteiger charge is -2.13. The number of aromatic nitrogens is 3. The number of nitrogens with zero attached hydrogens (tertiary/aromatic N) is 3. The van der Waals surface area contributed by atoms with Gasteiger partial charge in [-0.1, -0.05) is 61.2 Å². The topological polar surface area (TPSA) is 54.2 Å². The summed E-state index contributed by atoms with van der Waals surface area (Å²) in [5, 5.41) is 12.8. The van der Waals surface area contributed by atoms with Crippen LogP contribution in [0.4, 0.5) is 11.5 Å². The van der Waals surface area contributed by atoms with E-state index in [1.807, 2.05) is 18.2 Å². The van der Waals surface area contributed by atoms with Crippen LogP contribution in [0.2, 0.25) is 0 Å². The molecule has 0 atom stereocenters. The van der Waals surface area contributed by atoms with Crippen molar-refractivity contribution in [3.63, 3.8) is 0 Å².